The van der Waals surface area contributed by atoms with E-state index in [1.54, 1.807) is 30.5 Å². The molecule has 2 aromatic carbocycles. The van der Waals surface area contributed by atoms with Crippen LogP contribution in [-0.2, 0) is 6.18 Å². The van der Waals surface area contributed by atoms with Crippen LogP contribution >= 0.6 is 7.26 Å². The normalized spacial score (nSPS) is 19.4. The van der Waals surface area contributed by atoms with Crippen LogP contribution in [0.25, 0.3) is 16.8 Å². The predicted octanol–water partition coefficient (Wildman–Crippen LogP) is 5.00. The SMILES string of the molecule is Nc1nccn2c([PH]34CCC(NC(=O)c5ccccc5)(CC3)C4)nc(-c3ccc(C(=O)Nc4cc(C(F)(F)F)ccn4)cc3)c12. The number of aromatic nitrogens is 4. The molecule has 2 fully saturated rings. The maximum atomic E-state index is 13.1. The number of nitrogens with two attached hydrogens (primary N) is 1. The van der Waals surface area contributed by atoms with E-state index < -0.39 is 24.9 Å². The monoisotopic (exact) mass is 631 g/mol. The molecule has 9 nitrogen and oxygen atoms in total. The number of rotatable bonds is 6. The number of fused-ring (bicyclic) bond motifs is 3. The van der Waals surface area contributed by atoms with Gasteiger partial charge in [0.1, 0.15) is 0 Å². The fourth-order valence-electron chi connectivity index (χ4n) is 6.87. The van der Waals surface area contributed by atoms with Crippen molar-refractivity contribution in [2.75, 3.05) is 29.5 Å². The first-order chi connectivity index (χ1) is 21.6. The van der Waals surface area contributed by atoms with Crippen LogP contribution in [0.5, 0.6) is 0 Å². The minimum absolute atomic E-state index is 0.0580. The number of amides is 2. The van der Waals surface area contributed by atoms with E-state index in [1.165, 1.54) is 0 Å². The Labute approximate surface area is 256 Å². The summed E-state index contributed by atoms with van der Waals surface area (Å²) in [6, 6.07) is 17.5. The Morgan fingerprint density at radius 2 is 1.62 bits per heavy atom. The summed E-state index contributed by atoms with van der Waals surface area (Å²) in [4.78, 5) is 39.3. The number of nitrogens with zero attached hydrogens (tertiary/aromatic N) is 4. The molecule has 13 heteroatoms. The fourth-order valence-corrected chi connectivity index (χ4v) is 12.8. The topological polar surface area (TPSA) is 127 Å². The van der Waals surface area contributed by atoms with Crippen LogP contribution in [0.3, 0.4) is 0 Å². The van der Waals surface area contributed by atoms with Gasteiger partial charge in [-0.05, 0) is 6.07 Å². The first-order valence-electron chi connectivity index (χ1n) is 14.5. The molecule has 45 heavy (non-hydrogen) atoms. The van der Waals surface area contributed by atoms with Gasteiger partial charge in [-0.25, -0.2) is 0 Å². The Hall–Kier alpha value is -4.83. The summed E-state index contributed by atoms with van der Waals surface area (Å²) in [7, 11) is -2.14. The summed E-state index contributed by atoms with van der Waals surface area (Å²) in [5.74, 6) is -0.524. The van der Waals surface area contributed by atoms with E-state index in [1.807, 2.05) is 40.9 Å². The van der Waals surface area contributed by atoms with Gasteiger partial charge >= 0.3 is 237 Å². The fraction of sp³-hybridized carbons (Fsp3) is 0.219. The number of hydrogen-bond donors (Lipinski definition) is 3. The van der Waals surface area contributed by atoms with Gasteiger partial charge in [-0.1, -0.05) is 0 Å². The van der Waals surface area contributed by atoms with Crippen LogP contribution in [-0.4, -0.2) is 55.2 Å². The molecule has 2 amide bonds. The summed E-state index contributed by atoms with van der Waals surface area (Å²) in [6.45, 7) is 0. The van der Waals surface area contributed by atoms with Crippen LogP contribution in [0.2, 0.25) is 0 Å². The number of imidazole rings is 1. The quantitative estimate of drug-likeness (QED) is 0.227. The van der Waals surface area contributed by atoms with Crippen molar-refractivity contribution < 1.29 is 22.8 Å². The number of nitrogen functional groups attached to an aromatic ring is 1. The van der Waals surface area contributed by atoms with Gasteiger partial charge in [-0.15, -0.1) is 0 Å². The van der Waals surface area contributed by atoms with Crippen LogP contribution < -0.4 is 21.9 Å². The Morgan fingerprint density at radius 3 is 2.33 bits per heavy atom. The zero-order valence-corrected chi connectivity index (χ0v) is 24.9. The third-order valence-electron chi connectivity index (χ3n) is 9.06. The Balaban J connectivity index is 1.16. The summed E-state index contributed by atoms with van der Waals surface area (Å²) in [6.07, 6.45) is 4.65. The molecule has 0 saturated carbocycles. The van der Waals surface area contributed by atoms with Crippen molar-refractivity contribution in [3.63, 3.8) is 0 Å². The second-order valence-corrected chi connectivity index (χ2v) is 16.2. The zero-order chi connectivity index (χ0) is 31.4. The molecule has 0 unspecified atom stereocenters. The van der Waals surface area contributed by atoms with E-state index in [4.69, 9.17) is 10.7 Å². The van der Waals surface area contributed by atoms with Gasteiger partial charge in [0.05, 0.1) is 0 Å². The molecule has 0 spiro atoms. The molecule has 2 aliphatic heterocycles. The van der Waals surface area contributed by atoms with Gasteiger partial charge in [0.2, 0.25) is 0 Å². The van der Waals surface area contributed by atoms with Crippen molar-refractivity contribution in [3.05, 3.63) is 102 Å². The predicted molar refractivity (Wildman–Crippen MR) is 168 cm³/mol. The van der Waals surface area contributed by atoms with Gasteiger partial charge in [-0.3, -0.25) is 0 Å². The van der Waals surface area contributed by atoms with Gasteiger partial charge in [0, 0.05) is 0 Å². The molecule has 5 heterocycles. The third kappa shape index (κ3) is 5.18. The van der Waals surface area contributed by atoms with Crippen molar-refractivity contribution in [1.82, 2.24) is 24.7 Å². The standard InChI is InChI=1S/C32H29F3N7O2P/c33-32(34,35)23-10-13-37-24(18-23)39-28(43)22-8-6-20(7-9-22)25-26-27(36)38-14-15-42(26)30(40-25)45-16-11-31(19-45,12-17-45)41-29(44)21-4-2-1-3-5-21/h1-10,13-15,18,45H,11-12,16-17,19H2,(H2,36,38)(H,41,44)(H,37,39,43). The van der Waals surface area contributed by atoms with Crippen LogP contribution in [0.1, 0.15) is 39.1 Å². The number of nitrogens with one attached hydrogen (secondary N) is 2. The number of alkyl halides is 3. The number of hydrogen-bond acceptors (Lipinski definition) is 6. The van der Waals surface area contributed by atoms with Crippen LogP contribution in [0.4, 0.5) is 24.8 Å². The molecular formula is C32H29F3N7O2P. The third-order valence-corrected chi connectivity index (χ3v) is 14.1. The first kappa shape index (κ1) is 28.9. The molecule has 0 radical (unpaired) electrons. The number of carbonyl (C=O) groups excluding carboxylic acids is 2. The van der Waals surface area contributed by atoms with Gasteiger partial charge in [0.25, 0.3) is 0 Å². The molecule has 230 valence electrons. The van der Waals surface area contributed by atoms with Crippen molar-refractivity contribution in [3.8, 4) is 11.3 Å². The number of halogens is 3. The molecular weight excluding hydrogens is 602 g/mol. The molecule has 2 bridgehead atoms. The second-order valence-electron chi connectivity index (χ2n) is 11.8. The Bertz CT molecular complexity index is 1940. The number of benzene rings is 2. The van der Waals surface area contributed by atoms with E-state index in [9.17, 15) is 22.8 Å². The molecule has 0 atom stereocenters. The van der Waals surface area contributed by atoms with Crippen LogP contribution in [0, 0.1) is 0 Å². The van der Waals surface area contributed by atoms with E-state index in [0.29, 0.717) is 22.6 Å². The van der Waals surface area contributed by atoms with E-state index in [2.05, 4.69) is 20.6 Å². The summed E-state index contributed by atoms with van der Waals surface area (Å²) in [5.41, 5.74) is 9.16. The number of pyridine rings is 1. The average Bonchev–Trinajstić information content (AvgIpc) is 3.73. The molecule has 2 saturated heterocycles. The number of anilines is 2. The second kappa shape index (κ2) is 10.7. The molecule has 7 rings (SSSR count). The molecule has 2 aliphatic rings. The molecule has 4 N–H and O–H groups in total. The number of carbonyl (C=O) groups is 2. The van der Waals surface area contributed by atoms with Gasteiger partial charge in [0.15, 0.2) is 0 Å². The molecule has 3 aromatic heterocycles. The Kier molecular flexibility index (Phi) is 6.85. The summed E-state index contributed by atoms with van der Waals surface area (Å²) in [5, 5.41) is 5.79. The van der Waals surface area contributed by atoms with Crippen molar-refractivity contribution in [1.29, 1.82) is 0 Å². The molecule has 5 aromatic rings. The first-order valence-corrected chi connectivity index (χ1v) is 17.1. The van der Waals surface area contributed by atoms with E-state index in [0.717, 1.165) is 60.8 Å². The van der Waals surface area contributed by atoms with Crippen molar-refractivity contribution in [2.24, 2.45) is 0 Å². The van der Waals surface area contributed by atoms with Crippen molar-refractivity contribution in [2.45, 2.75) is 24.6 Å². The van der Waals surface area contributed by atoms with E-state index in [-0.39, 0.29) is 22.8 Å². The Morgan fingerprint density at radius 1 is 0.911 bits per heavy atom. The molecule has 0 aliphatic carbocycles. The average molecular weight is 632 g/mol. The summed E-state index contributed by atoms with van der Waals surface area (Å²) < 4.78 is 41.3. The van der Waals surface area contributed by atoms with Gasteiger partial charge < -0.3 is 0 Å². The van der Waals surface area contributed by atoms with E-state index >= 15 is 0 Å². The summed E-state index contributed by atoms with van der Waals surface area (Å²) >= 11 is 0. The van der Waals surface area contributed by atoms with Gasteiger partial charge in [-0.2, -0.15) is 13.2 Å². The van der Waals surface area contributed by atoms with Crippen molar-refractivity contribution >= 4 is 41.8 Å². The zero-order valence-electron chi connectivity index (χ0n) is 23.9. The minimum atomic E-state index is -4.55. The van der Waals surface area contributed by atoms with Crippen LogP contribution in [0.15, 0.2) is 85.3 Å². The maximum absolute atomic E-state index is 13.1.